The lowest BCUT2D eigenvalue weighted by Gasteiger charge is -2.34. The zero-order chi connectivity index (χ0) is 17.7. The highest BCUT2D eigenvalue weighted by atomic mass is 32.2. The summed E-state index contributed by atoms with van der Waals surface area (Å²) in [5.41, 5.74) is 0.610. The topological polar surface area (TPSA) is 61.4 Å². The highest BCUT2D eigenvalue weighted by molar-refractivity contribution is 7.87. The van der Waals surface area contributed by atoms with Crippen LogP contribution in [0, 0.1) is 11.6 Å². The van der Waals surface area contributed by atoms with Crippen molar-refractivity contribution >= 4 is 10.2 Å². The van der Waals surface area contributed by atoms with Crippen LogP contribution in [0.4, 0.5) is 8.78 Å². The van der Waals surface area contributed by atoms with Gasteiger partial charge in [0.25, 0.3) is 10.2 Å². The summed E-state index contributed by atoms with van der Waals surface area (Å²) in [5, 5.41) is 3.15. The molecule has 0 radical (unpaired) electrons. The van der Waals surface area contributed by atoms with Gasteiger partial charge in [-0.3, -0.25) is 0 Å². The van der Waals surface area contributed by atoms with Crippen LogP contribution in [0.25, 0.3) is 0 Å². The van der Waals surface area contributed by atoms with E-state index >= 15 is 0 Å². The zero-order valence-electron chi connectivity index (χ0n) is 14.1. The van der Waals surface area contributed by atoms with Gasteiger partial charge < -0.3 is 5.32 Å². The molecule has 0 saturated carbocycles. The maximum atomic E-state index is 13.5. The minimum Gasteiger partial charge on any atom is -0.315 e. The van der Waals surface area contributed by atoms with Gasteiger partial charge >= 0.3 is 0 Å². The Bertz CT molecular complexity index is 655. The van der Waals surface area contributed by atoms with Gasteiger partial charge in [-0.25, -0.2) is 8.78 Å². The number of piperidine rings is 1. The van der Waals surface area contributed by atoms with E-state index in [4.69, 9.17) is 0 Å². The maximum absolute atomic E-state index is 13.5. The largest absolute Gasteiger partial charge is 0.315 e. The van der Waals surface area contributed by atoms with E-state index in [0.29, 0.717) is 31.6 Å². The molecule has 2 unspecified atom stereocenters. The Hall–Kier alpha value is -1.09. The molecule has 0 spiro atoms. The summed E-state index contributed by atoms with van der Waals surface area (Å²) in [6.45, 7) is 3.60. The van der Waals surface area contributed by atoms with Crippen molar-refractivity contribution in [2.24, 2.45) is 0 Å². The predicted octanol–water partition coefficient (Wildman–Crippen LogP) is 1.98. The third kappa shape index (κ3) is 4.72. The fourth-order valence-corrected chi connectivity index (χ4v) is 4.09. The molecule has 1 saturated heterocycles. The number of benzene rings is 1. The van der Waals surface area contributed by atoms with Crippen LogP contribution in [0.2, 0.25) is 0 Å². The van der Waals surface area contributed by atoms with E-state index in [1.165, 1.54) is 10.4 Å². The van der Waals surface area contributed by atoms with Crippen molar-refractivity contribution in [3.05, 3.63) is 35.4 Å². The molecule has 2 N–H and O–H groups in total. The highest BCUT2D eigenvalue weighted by Crippen LogP contribution is 2.27. The number of unbranched alkanes of at least 4 members (excludes halogenated alkanes) is 1. The van der Waals surface area contributed by atoms with Crippen LogP contribution >= 0.6 is 0 Å². The van der Waals surface area contributed by atoms with Crippen molar-refractivity contribution in [1.82, 2.24) is 14.3 Å². The van der Waals surface area contributed by atoms with Crippen LogP contribution in [0.3, 0.4) is 0 Å². The van der Waals surface area contributed by atoms with Crippen LogP contribution in [-0.2, 0) is 10.2 Å². The molecule has 1 aromatic rings. The Kier molecular flexibility index (Phi) is 6.68. The smallest absolute Gasteiger partial charge is 0.279 e. The summed E-state index contributed by atoms with van der Waals surface area (Å²) >= 11 is 0. The van der Waals surface area contributed by atoms with Crippen LogP contribution in [0.1, 0.15) is 37.7 Å². The number of hydrogen-bond donors (Lipinski definition) is 2. The normalized spacial score (nSPS) is 22.0. The van der Waals surface area contributed by atoms with Crippen molar-refractivity contribution in [1.29, 1.82) is 0 Å². The van der Waals surface area contributed by atoms with Crippen LogP contribution < -0.4 is 10.0 Å². The van der Waals surface area contributed by atoms with Crippen molar-refractivity contribution in [3.63, 3.8) is 0 Å². The van der Waals surface area contributed by atoms with Crippen LogP contribution in [0.15, 0.2) is 18.2 Å². The van der Waals surface area contributed by atoms with Crippen molar-refractivity contribution in [2.45, 2.75) is 38.1 Å². The molecule has 1 aliphatic rings. The standard InChI is InChI=1S/C16H25F2N3O2S/c1-3-4-9-21(2)24(22,23)20-16-11-19-8-7-13(16)12-5-6-14(17)15(18)10-12/h5-6,10,13,16,19-20H,3-4,7-9,11H2,1-2H3. The zero-order valence-corrected chi connectivity index (χ0v) is 14.9. The van der Waals surface area contributed by atoms with E-state index in [2.05, 4.69) is 10.0 Å². The Morgan fingerprint density at radius 2 is 2.08 bits per heavy atom. The molecule has 1 aromatic carbocycles. The maximum Gasteiger partial charge on any atom is 0.279 e. The minimum absolute atomic E-state index is 0.198. The quantitative estimate of drug-likeness (QED) is 0.781. The lowest BCUT2D eigenvalue weighted by molar-refractivity contribution is 0.362. The van der Waals surface area contributed by atoms with E-state index in [-0.39, 0.29) is 5.92 Å². The molecule has 0 aromatic heterocycles. The van der Waals surface area contributed by atoms with Crippen molar-refractivity contribution < 1.29 is 17.2 Å². The summed E-state index contributed by atoms with van der Waals surface area (Å²) in [6.07, 6.45) is 2.34. The fraction of sp³-hybridized carbons (Fsp3) is 0.625. The molecular formula is C16H25F2N3O2S. The lowest BCUT2D eigenvalue weighted by Crippen LogP contribution is -2.53. The number of halogens is 2. The molecule has 5 nitrogen and oxygen atoms in total. The molecule has 24 heavy (non-hydrogen) atoms. The fourth-order valence-electron chi connectivity index (χ4n) is 2.91. The van der Waals surface area contributed by atoms with Gasteiger partial charge in [-0.05, 0) is 37.1 Å². The Labute approximate surface area is 142 Å². The first-order valence-corrected chi connectivity index (χ1v) is 9.68. The van der Waals surface area contributed by atoms with Gasteiger partial charge in [0.2, 0.25) is 0 Å². The Morgan fingerprint density at radius 3 is 2.75 bits per heavy atom. The van der Waals surface area contributed by atoms with E-state index < -0.39 is 27.9 Å². The molecule has 8 heteroatoms. The van der Waals surface area contributed by atoms with Gasteiger partial charge in [-0.1, -0.05) is 19.4 Å². The Morgan fingerprint density at radius 1 is 1.33 bits per heavy atom. The first kappa shape index (κ1) is 19.2. The summed E-state index contributed by atoms with van der Waals surface area (Å²) < 4.78 is 55.6. The average molecular weight is 361 g/mol. The van der Waals surface area contributed by atoms with E-state index in [1.54, 1.807) is 7.05 Å². The molecule has 1 aliphatic heterocycles. The van der Waals surface area contributed by atoms with Crippen LogP contribution in [0.5, 0.6) is 0 Å². The van der Waals surface area contributed by atoms with E-state index in [0.717, 1.165) is 25.0 Å². The van der Waals surface area contributed by atoms with Crippen LogP contribution in [-0.4, -0.2) is 45.4 Å². The SMILES string of the molecule is CCCCN(C)S(=O)(=O)NC1CNCCC1c1ccc(F)c(F)c1. The summed E-state index contributed by atoms with van der Waals surface area (Å²) in [5.74, 6) is -2.01. The summed E-state index contributed by atoms with van der Waals surface area (Å²) in [6, 6.07) is 3.37. The van der Waals surface area contributed by atoms with Gasteiger partial charge in [0, 0.05) is 32.1 Å². The molecule has 2 rings (SSSR count). The molecule has 2 atom stereocenters. The monoisotopic (exact) mass is 361 g/mol. The molecular weight excluding hydrogens is 336 g/mol. The van der Waals surface area contributed by atoms with Gasteiger partial charge in [-0.15, -0.1) is 0 Å². The van der Waals surface area contributed by atoms with E-state index in [9.17, 15) is 17.2 Å². The number of nitrogens with zero attached hydrogens (tertiary/aromatic N) is 1. The average Bonchev–Trinajstić information content (AvgIpc) is 2.55. The second kappa shape index (κ2) is 8.33. The second-order valence-electron chi connectivity index (χ2n) is 6.18. The number of hydrogen-bond acceptors (Lipinski definition) is 3. The summed E-state index contributed by atoms with van der Waals surface area (Å²) in [7, 11) is -2.07. The third-order valence-electron chi connectivity index (χ3n) is 4.39. The highest BCUT2D eigenvalue weighted by Gasteiger charge is 2.31. The van der Waals surface area contributed by atoms with Gasteiger partial charge in [0.05, 0.1) is 0 Å². The molecule has 0 aliphatic carbocycles. The van der Waals surface area contributed by atoms with E-state index in [1.807, 2.05) is 6.92 Å². The molecule has 1 heterocycles. The predicted molar refractivity (Wildman–Crippen MR) is 90.0 cm³/mol. The minimum atomic E-state index is -3.62. The van der Waals surface area contributed by atoms with Gasteiger partial charge in [0.1, 0.15) is 0 Å². The Balaban J connectivity index is 2.15. The van der Waals surface area contributed by atoms with Crippen molar-refractivity contribution in [3.8, 4) is 0 Å². The molecule has 0 bridgehead atoms. The van der Waals surface area contributed by atoms with Gasteiger partial charge in [-0.2, -0.15) is 17.4 Å². The number of rotatable bonds is 7. The number of nitrogens with one attached hydrogen (secondary N) is 2. The lowest BCUT2D eigenvalue weighted by atomic mass is 9.86. The molecule has 0 amide bonds. The first-order chi connectivity index (χ1) is 11.3. The second-order valence-corrected chi connectivity index (χ2v) is 7.99. The molecule has 1 fully saturated rings. The van der Waals surface area contributed by atoms with Crippen molar-refractivity contribution in [2.75, 3.05) is 26.7 Å². The first-order valence-electron chi connectivity index (χ1n) is 8.24. The van der Waals surface area contributed by atoms with Gasteiger partial charge in [0.15, 0.2) is 11.6 Å². The summed E-state index contributed by atoms with van der Waals surface area (Å²) in [4.78, 5) is 0. The third-order valence-corrected chi connectivity index (χ3v) is 5.99. The molecule has 136 valence electrons.